The first-order valence-electron chi connectivity index (χ1n) is 14.9. The molecule has 0 bridgehead atoms. The lowest BCUT2D eigenvalue weighted by Crippen LogP contribution is -2.53. The van der Waals surface area contributed by atoms with Crippen LogP contribution in [0.3, 0.4) is 0 Å². The number of thiocarbonyl (C=S) groups is 1. The second-order valence-electron chi connectivity index (χ2n) is 11.3. The average Bonchev–Trinajstić information content (AvgIpc) is 3.29. The van der Waals surface area contributed by atoms with E-state index in [1.165, 1.54) is 24.3 Å². The first-order chi connectivity index (χ1) is 22.0. The summed E-state index contributed by atoms with van der Waals surface area (Å²) in [5, 5.41) is 37.6. The van der Waals surface area contributed by atoms with E-state index in [2.05, 4.69) is 10.6 Å². The van der Waals surface area contributed by atoms with Gasteiger partial charge in [0.05, 0.1) is 42.8 Å². The normalized spacial score (nSPS) is 21.9. The van der Waals surface area contributed by atoms with Gasteiger partial charge in [-0.3, -0.25) is 9.59 Å². The van der Waals surface area contributed by atoms with Crippen molar-refractivity contribution in [2.24, 2.45) is 11.8 Å². The van der Waals surface area contributed by atoms with Crippen molar-refractivity contribution < 1.29 is 48.7 Å². The number of hydrogen-bond donors (Lipinski definition) is 5. The van der Waals surface area contributed by atoms with Gasteiger partial charge in [0.15, 0.2) is 10.7 Å². The Bertz CT molecular complexity index is 1690. The van der Waals surface area contributed by atoms with Gasteiger partial charge in [0.2, 0.25) is 0 Å². The van der Waals surface area contributed by atoms with Gasteiger partial charge in [-0.1, -0.05) is 0 Å². The molecule has 2 heterocycles. The first-order valence-corrected chi connectivity index (χ1v) is 15.3. The van der Waals surface area contributed by atoms with E-state index in [4.69, 9.17) is 31.2 Å². The van der Waals surface area contributed by atoms with Crippen LogP contribution in [0.15, 0.2) is 54.6 Å². The van der Waals surface area contributed by atoms with Gasteiger partial charge in [0.1, 0.15) is 23.0 Å². The predicted octanol–water partition coefficient (Wildman–Crippen LogP) is 3.83. The SMILES string of the molecule is CCOC(=O)[C@H]1C[C@H](NC(=S)Nc2ccc3c(c2)C2(OC3=O)c3ccc(O)cc3Oc3cc(O)ccc32)[C@@H](O)C[C@@H]1C(=O)OCC. The van der Waals surface area contributed by atoms with Crippen molar-refractivity contribution in [1.82, 2.24) is 5.32 Å². The molecule has 240 valence electrons. The Balaban J connectivity index is 1.29. The lowest BCUT2D eigenvalue weighted by molar-refractivity contribution is -0.165. The van der Waals surface area contributed by atoms with Crippen LogP contribution in [0, 0.1) is 11.8 Å². The van der Waals surface area contributed by atoms with Crippen LogP contribution in [-0.2, 0) is 29.4 Å². The van der Waals surface area contributed by atoms with E-state index in [9.17, 15) is 29.7 Å². The zero-order valence-corrected chi connectivity index (χ0v) is 25.8. The number of hydrogen-bond acceptors (Lipinski definition) is 11. The molecular formula is C33H32N2O10S. The third-order valence-electron chi connectivity index (χ3n) is 8.48. The minimum absolute atomic E-state index is 0.0184. The Hall–Kier alpha value is -4.88. The standard InChI is InChI=1S/C33H32N2O10S/c1-3-42-29(39)20-14-25(26(38)15-21(20)30(40)43-4-2)35-32(46)34-16-5-8-19-24(11-16)33(45-31(19)41)22-9-6-17(36)12-27(22)44-28-13-18(37)7-10-23(28)33/h5-13,20-21,25-26,36-38H,3-4,14-15H2,1-2H3,(H2,34,35,46)/t20-,21-,25-,26-/m0/s1. The molecule has 0 radical (unpaired) electrons. The molecule has 0 amide bonds. The van der Waals surface area contributed by atoms with Crippen LogP contribution in [0.1, 0.15) is 53.7 Å². The van der Waals surface area contributed by atoms with Gasteiger partial charge >= 0.3 is 17.9 Å². The van der Waals surface area contributed by atoms with Crippen LogP contribution >= 0.6 is 12.2 Å². The number of aromatic hydroxyl groups is 2. The molecule has 0 unspecified atom stereocenters. The number of phenolic OH excluding ortho intramolecular Hbond substituents is 2. The van der Waals surface area contributed by atoms with E-state index in [-0.39, 0.29) is 54.2 Å². The Morgan fingerprint density at radius 2 is 1.48 bits per heavy atom. The largest absolute Gasteiger partial charge is 0.508 e. The molecular weight excluding hydrogens is 616 g/mol. The molecule has 5 N–H and O–H groups in total. The highest BCUT2D eigenvalue weighted by Gasteiger charge is 2.54. The molecule has 3 aromatic rings. The molecule has 4 atom stereocenters. The van der Waals surface area contributed by atoms with Crippen LogP contribution in [0.4, 0.5) is 5.69 Å². The Morgan fingerprint density at radius 1 is 0.891 bits per heavy atom. The van der Waals surface area contributed by atoms with Crippen molar-refractivity contribution >= 4 is 40.9 Å². The van der Waals surface area contributed by atoms with Crippen molar-refractivity contribution in [3.8, 4) is 23.0 Å². The predicted molar refractivity (Wildman–Crippen MR) is 167 cm³/mol. The maximum Gasteiger partial charge on any atom is 0.340 e. The molecule has 1 aliphatic carbocycles. The summed E-state index contributed by atoms with van der Waals surface area (Å²) in [6.45, 7) is 3.63. The van der Waals surface area contributed by atoms with Gasteiger partial charge in [-0.15, -0.1) is 0 Å². The number of esters is 3. The molecule has 1 spiro atoms. The first kappa shape index (κ1) is 31.1. The lowest BCUT2D eigenvalue weighted by Gasteiger charge is -2.37. The molecule has 6 rings (SSSR count). The molecule has 13 heteroatoms. The van der Waals surface area contributed by atoms with Gasteiger partial charge in [-0.2, -0.15) is 0 Å². The third kappa shape index (κ3) is 5.35. The molecule has 12 nitrogen and oxygen atoms in total. The smallest absolute Gasteiger partial charge is 0.340 e. The minimum Gasteiger partial charge on any atom is -0.508 e. The number of phenols is 2. The van der Waals surface area contributed by atoms with Crippen LogP contribution in [0.5, 0.6) is 23.0 Å². The van der Waals surface area contributed by atoms with Crippen molar-refractivity contribution in [1.29, 1.82) is 0 Å². The third-order valence-corrected chi connectivity index (χ3v) is 8.70. The fourth-order valence-electron chi connectivity index (χ4n) is 6.47. The summed E-state index contributed by atoms with van der Waals surface area (Å²) in [5.74, 6) is -3.00. The number of carbonyl (C=O) groups is 3. The summed E-state index contributed by atoms with van der Waals surface area (Å²) in [7, 11) is 0. The second-order valence-corrected chi connectivity index (χ2v) is 11.7. The van der Waals surface area contributed by atoms with Gasteiger partial charge in [0.25, 0.3) is 0 Å². The van der Waals surface area contributed by atoms with Crippen LogP contribution < -0.4 is 15.4 Å². The van der Waals surface area contributed by atoms with E-state index >= 15 is 0 Å². The summed E-state index contributed by atoms with van der Waals surface area (Å²) < 4.78 is 22.5. The number of fused-ring (bicyclic) bond motifs is 6. The number of anilines is 1. The molecule has 3 aliphatic rings. The molecule has 3 aromatic carbocycles. The fourth-order valence-corrected chi connectivity index (χ4v) is 6.74. The molecule has 46 heavy (non-hydrogen) atoms. The number of aliphatic hydroxyl groups is 1. The van der Waals surface area contributed by atoms with Crippen molar-refractivity contribution in [3.63, 3.8) is 0 Å². The number of aliphatic hydroxyl groups excluding tert-OH is 1. The number of carbonyl (C=O) groups excluding carboxylic acids is 3. The summed E-state index contributed by atoms with van der Waals surface area (Å²) in [6.07, 6.45) is -0.957. The highest BCUT2D eigenvalue weighted by atomic mass is 32.1. The summed E-state index contributed by atoms with van der Waals surface area (Å²) in [4.78, 5) is 38.6. The Labute approximate surface area is 269 Å². The molecule has 0 saturated heterocycles. The van der Waals surface area contributed by atoms with Crippen molar-refractivity contribution in [3.05, 3.63) is 76.9 Å². The van der Waals surface area contributed by atoms with Gasteiger partial charge in [0, 0.05) is 34.5 Å². The molecule has 0 aromatic heterocycles. The highest BCUT2D eigenvalue weighted by Crippen LogP contribution is 2.57. The lowest BCUT2D eigenvalue weighted by atomic mass is 9.75. The number of rotatable bonds is 6. The second kappa shape index (κ2) is 12.1. The number of benzene rings is 3. The van der Waals surface area contributed by atoms with E-state index in [0.717, 1.165) is 0 Å². The van der Waals surface area contributed by atoms with Gasteiger partial charge in [-0.05, 0) is 81.4 Å². The maximum atomic E-state index is 13.3. The summed E-state index contributed by atoms with van der Waals surface area (Å²) in [5.41, 5.74) is 0.745. The zero-order chi connectivity index (χ0) is 32.7. The zero-order valence-electron chi connectivity index (χ0n) is 24.9. The minimum atomic E-state index is -1.46. The van der Waals surface area contributed by atoms with Gasteiger partial charge < -0.3 is 44.9 Å². The van der Waals surface area contributed by atoms with Crippen molar-refractivity contribution in [2.75, 3.05) is 18.5 Å². The number of ether oxygens (including phenoxy) is 4. The van der Waals surface area contributed by atoms with E-state index in [1.54, 1.807) is 44.2 Å². The molecule has 2 aliphatic heterocycles. The van der Waals surface area contributed by atoms with E-state index in [0.29, 0.717) is 27.9 Å². The summed E-state index contributed by atoms with van der Waals surface area (Å²) in [6, 6.07) is 13.3. The van der Waals surface area contributed by atoms with Crippen LogP contribution in [0.2, 0.25) is 0 Å². The average molecular weight is 649 g/mol. The van der Waals surface area contributed by atoms with Crippen molar-refractivity contribution in [2.45, 2.75) is 44.4 Å². The number of nitrogens with one attached hydrogen (secondary N) is 2. The maximum absolute atomic E-state index is 13.3. The quantitative estimate of drug-likeness (QED) is 0.148. The Morgan fingerprint density at radius 3 is 2.07 bits per heavy atom. The van der Waals surface area contributed by atoms with Gasteiger partial charge in [-0.25, -0.2) is 4.79 Å². The fraction of sp³-hybridized carbons (Fsp3) is 0.333. The van der Waals surface area contributed by atoms with E-state index in [1.807, 2.05) is 0 Å². The highest BCUT2D eigenvalue weighted by molar-refractivity contribution is 7.80. The molecule has 1 fully saturated rings. The monoisotopic (exact) mass is 648 g/mol. The van der Waals surface area contributed by atoms with Crippen LogP contribution in [0.25, 0.3) is 0 Å². The van der Waals surface area contributed by atoms with Crippen LogP contribution in [-0.4, -0.2) is 63.7 Å². The Kier molecular flexibility index (Phi) is 8.21. The molecule has 1 saturated carbocycles. The topological polar surface area (TPSA) is 173 Å². The summed E-state index contributed by atoms with van der Waals surface area (Å²) >= 11 is 5.59. The van der Waals surface area contributed by atoms with E-state index < -0.39 is 47.5 Å².